The van der Waals surface area contributed by atoms with Gasteiger partial charge in [-0.25, -0.2) is 10.2 Å². The number of rotatable bonds is 8. The van der Waals surface area contributed by atoms with E-state index in [1.165, 1.54) is 39.7 Å². The van der Waals surface area contributed by atoms with Crippen LogP contribution in [-0.4, -0.2) is 39.4 Å². The van der Waals surface area contributed by atoms with E-state index in [0.717, 1.165) is 4.47 Å². The molecule has 9 heteroatoms. The van der Waals surface area contributed by atoms with Crippen LogP contribution in [0.25, 0.3) is 0 Å². The van der Waals surface area contributed by atoms with Gasteiger partial charge in [-0.15, -0.1) is 0 Å². The van der Waals surface area contributed by atoms with Crippen LogP contribution in [0.2, 0.25) is 0 Å². The maximum absolute atomic E-state index is 12.5. The van der Waals surface area contributed by atoms with Gasteiger partial charge in [0.2, 0.25) is 5.75 Å². The summed E-state index contributed by atoms with van der Waals surface area (Å²) >= 11 is 3.32. The number of halogens is 1. The molecule has 0 saturated carbocycles. The van der Waals surface area contributed by atoms with Crippen molar-refractivity contribution < 1.29 is 28.5 Å². The van der Waals surface area contributed by atoms with Gasteiger partial charge in [0.15, 0.2) is 11.5 Å². The van der Waals surface area contributed by atoms with E-state index in [-0.39, 0.29) is 5.56 Å². The second-order valence-corrected chi connectivity index (χ2v) is 7.49. The molecule has 8 nitrogen and oxygen atoms in total. The highest BCUT2D eigenvalue weighted by atomic mass is 79.9. The maximum atomic E-state index is 12.5. The molecule has 0 bridgehead atoms. The molecule has 3 aromatic rings. The molecule has 3 rings (SSSR count). The van der Waals surface area contributed by atoms with Gasteiger partial charge in [0.25, 0.3) is 5.91 Å². The Kier molecular flexibility index (Phi) is 8.04. The van der Waals surface area contributed by atoms with Gasteiger partial charge in [-0.2, -0.15) is 5.10 Å². The van der Waals surface area contributed by atoms with Gasteiger partial charge in [-0.3, -0.25) is 4.79 Å². The SMILES string of the molecule is COc1cc(C(=O)NN=Cc2ccc(OC(=O)c3ccc(Br)cc3)cc2)cc(OC)c1OC. The maximum Gasteiger partial charge on any atom is 0.343 e. The number of hydrogen-bond donors (Lipinski definition) is 1. The number of ether oxygens (including phenoxy) is 4. The van der Waals surface area contributed by atoms with Gasteiger partial charge in [0.05, 0.1) is 33.1 Å². The third-order valence-corrected chi connectivity index (χ3v) is 5.01. The van der Waals surface area contributed by atoms with Crippen molar-refractivity contribution in [3.05, 3.63) is 81.8 Å². The van der Waals surface area contributed by atoms with Crippen LogP contribution in [0.3, 0.4) is 0 Å². The summed E-state index contributed by atoms with van der Waals surface area (Å²) in [5.41, 5.74) is 3.88. The molecule has 0 spiro atoms. The summed E-state index contributed by atoms with van der Waals surface area (Å²) in [7, 11) is 4.42. The Balaban J connectivity index is 1.62. The lowest BCUT2D eigenvalue weighted by Crippen LogP contribution is -2.18. The van der Waals surface area contributed by atoms with Gasteiger partial charge in [-0.1, -0.05) is 15.9 Å². The zero-order valence-corrected chi connectivity index (χ0v) is 19.7. The summed E-state index contributed by atoms with van der Waals surface area (Å²) in [4.78, 5) is 24.7. The van der Waals surface area contributed by atoms with Crippen molar-refractivity contribution in [1.82, 2.24) is 5.43 Å². The van der Waals surface area contributed by atoms with Gasteiger partial charge in [0.1, 0.15) is 5.75 Å². The highest BCUT2D eigenvalue weighted by Crippen LogP contribution is 2.38. The lowest BCUT2D eigenvalue weighted by molar-refractivity contribution is 0.0734. The minimum Gasteiger partial charge on any atom is -0.493 e. The monoisotopic (exact) mass is 512 g/mol. The molecule has 0 aliphatic carbocycles. The zero-order chi connectivity index (χ0) is 23.8. The van der Waals surface area contributed by atoms with Crippen LogP contribution in [0, 0.1) is 0 Å². The van der Waals surface area contributed by atoms with Gasteiger partial charge >= 0.3 is 5.97 Å². The Morgan fingerprint density at radius 2 is 1.45 bits per heavy atom. The Labute approximate surface area is 199 Å². The van der Waals surface area contributed by atoms with E-state index < -0.39 is 11.9 Å². The van der Waals surface area contributed by atoms with Crippen LogP contribution in [0.4, 0.5) is 0 Å². The summed E-state index contributed by atoms with van der Waals surface area (Å²) in [6.07, 6.45) is 1.47. The van der Waals surface area contributed by atoms with E-state index in [9.17, 15) is 9.59 Å². The molecule has 0 heterocycles. The standard InChI is InChI=1S/C24H21BrN2O6/c1-30-20-12-17(13-21(31-2)22(20)32-3)23(28)27-26-14-15-4-10-19(11-5-15)33-24(29)16-6-8-18(25)9-7-16/h4-14H,1-3H3,(H,27,28). The summed E-state index contributed by atoms with van der Waals surface area (Å²) in [5, 5.41) is 3.97. The van der Waals surface area contributed by atoms with Crippen molar-refractivity contribution in [2.24, 2.45) is 5.10 Å². The molecule has 0 saturated heterocycles. The zero-order valence-electron chi connectivity index (χ0n) is 18.1. The molecule has 0 atom stereocenters. The smallest absolute Gasteiger partial charge is 0.343 e. The molecule has 170 valence electrons. The predicted octanol–water partition coefficient (Wildman–Crippen LogP) is 4.46. The first-order chi connectivity index (χ1) is 15.9. The fourth-order valence-corrected chi connectivity index (χ4v) is 3.08. The number of methoxy groups -OCH3 is 3. The topological polar surface area (TPSA) is 95.5 Å². The molecule has 33 heavy (non-hydrogen) atoms. The second kappa shape index (κ2) is 11.1. The second-order valence-electron chi connectivity index (χ2n) is 6.58. The van der Waals surface area contributed by atoms with E-state index in [2.05, 4.69) is 26.5 Å². The quantitative estimate of drug-likeness (QED) is 0.207. The number of benzene rings is 3. The van der Waals surface area contributed by atoms with Crippen molar-refractivity contribution in [2.45, 2.75) is 0 Å². The van der Waals surface area contributed by atoms with Crippen molar-refractivity contribution in [3.8, 4) is 23.0 Å². The molecule has 3 aromatic carbocycles. The van der Waals surface area contributed by atoms with E-state index in [1.807, 2.05) is 0 Å². The van der Waals surface area contributed by atoms with Crippen LogP contribution in [0.1, 0.15) is 26.3 Å². The number of nitrogens with one attached hydrogen (secondary N) is 1. The molecule has 0 unspecified atom stereocenters. The third kappa shape index (κ3) is 6.11. The minimum atomic E-state index is -0.457. The largest absolute Gasteiger partial charge is 0.493 e. The highest BCUT2D eigenvalue weighted by Gasteiger charge is 2.16. The number of amides is 1. The van der Waals surface area contributed by atoms with Crippen molar-refractivity contribution >= 4 is 34.0 Å². The van der Waals surface area contributed by atoms with Gasteiger partial charge in [0, 0.05) is 10.0 Å². The summed E-state index contributed by atoms with van der Waals surface area (Å²) in [5.74, 6) is 0.591. The minimum absolute atomic E-state index is 0.289. The number of nitrogens with zero attached hydrogens (tertiary/aromatic N) is 1. The first-order valence-electron chi connectivity index (χ1n) is 9.66. The molecule has 1 amide bonds. The number of hydrogen-bond acceptors (Lipinski definition) is 7. The number of hydrazone groups is 1. The first kappa shape index (κ1) is 23.8. The van der Waals surface area contributed by atoms with E-state index in [4.69, 9.17) is 18.9 Å². The van der Waals surface area contributed by atoms with Crippen LogP contribution >= 0.6 is 15.9 Å². The first-order valence-corrected chi connectivity index (χ1v) is 10.5. The fourth-order valence-electron chi connectivity index (χ4n) is 2.82. The summed E-state index contributed by atoms with van der Waals surface area (Å²) in [6, 6.07) is 16.6. The van der Waals surface area contributed by atoms with Crippen LogP contribution in [0.5, 0.6) is 23.0 Å². The molecular formula is C24H21BrN2O6. The van der Waals surface area contributed by atoms with E-state index in [1.54, 1.807) is 48.5 Å². The van der Waals surface area contributed by atoms with E-state index >= 15 is 0 Å². The molecule has 0 aromatic heterocycles. The number of carbonyl (C=O) groups excluding carboxylic acids is 2. The molecule has 0 aliphatic heterocycles. The van der Waals surface area contributed by atoms with Crippen molar-refractivity contribution in [1.29, 1.82) is 0 Å². The average molecular weight is 513 g/mol. The lowest BCUT2D eigenvalue weighted by Gasteiger charge is -2.13. The van der Waals surface area contributed by atoms with Crippen LogP contribution < -0.4 is 24.4 Å². The molecule has 0 aliphatic rings. The number of carbonyl (C=O) groups is 2. The summed E-state index contributed by atoms with van der Waals surface area (Å²) in [6.45, 7) is 0. The molecule has 0 radical (unpaired) electrons. The third-order valence-electron chi connectivity index (χ3n) is 4.48. The highest BCUT2D eigenvalue weighted by molar-refractivity contribution is 9.10. The van der Waals surface area contributed by atoms with Crippen LogP contribution in [-0.2, 0) is 0 Å². The Bertz CT molecular complexity index is 1140. The Morgan fingerprint density at radius 3 is 2.00 bits per heavy atom. The molecule has 1 N–H and O–H groups in total. The average Bonchev–Trinajstić information content (AvgIpc) is 2.84. The van der Waals surface area contributed by atoms with Crippen molar-refractivity contribution in [2.75, 3.05) is 21.3 Å². The Hall–Kier alpha value is -3.85. The molecular weight excluding hydrogens is 492 g/mol. The van der Waals surface area contributed by atoms with Crippen LogP contribution in [0.15, 0.2) is 70.2 Å². The van der Waals surface area contributed by atoms with Crippen molar-refractivity contribution in [3.63, 3.8) is 0 Å². The normalized spacial score (nSPS) is 10.5. The number of esters is 1. The predicted molar refractivity (Wildman–Crippen MR) is 127 cm³/mol. The van der Waals surface area contributed by atoms with Gasteiger partial charge in [-0.05, 0) is 66.2 Å². The fraction of sp³-hybridized carbons (Fsp3) is 0.125. The molecule has 0 fully saturated rings. The Morgan fingerprint density at radius 1 is 0.848 bits per heavy atom. The summed E-state index contributed by atoms with van der Waals surface area (Å²) < 4.78 is 22.0. The van der Waals surface area contributed by atoms with E-state index in [0.29, 0.717) is 34.1 Å². The lowest BCUT2D eigenvalue weighted by atomic mass is 10.1. The van der Waals surface area contributed by atoms with Gasteiger partial charge < -0.3 is 18.9 Å².